The Labute approximate surface area is 122 Å². The topological polar surface area (TPSA) is 66.4 Å². The van der Waals surface area contributed by atoms with Crippen molar-refractivity contribution in [2.45, 2.75) is 6.92 Å². The van der Waals surface area contributed by atoms with E-state index < -0.39 is 5.97 Å². The van der Waals surface area contributed by atoms with E-state index in [2.05, 4.69) is 9.99 Å². The van der Waals surface area contributed by atoms with Gasteiger partial charge in [-0.3, -0.25) is 0 Å². The van der Waals surface area contributed by atoms with E-state index in [1.54, 1.807) is 19.1 Å². The molecule has 0 aliphatic heterocycles. The normalized spacial score (nSPS) is 10.4. The Morgan fingerprint density at radius 2 is 2.15 bits per heavy atom. The fourth-order valence-electron chi connectivity index (χ4n) is 1.43. The van der Waals surface area contributed by atoms with E-state index in [0.29, 0.717) is 22.1 Å². The molecule has 0 heterocycles. The third kappa shape index (κ3) is 4.62. The minimum absolute atomic E-state index is 0.236. The van der Waals surface area contributed by atoms with E-state index in [9.17, 15) is 4.79 Å². The summed E-state index contributed by atoms with van der Waals surface area (Å²) in [6.45, 7) is 1.77. The van der Waals surface area contributed by atoms with Crippen molar-refractivity contribution < 1.29 is 23.8 Å². The summed E-state index contributed by atoms with van der Waals surface area (Å²) in [7, 11) is 2.89. The van der Waals surface area contributed by atoms with Crippen molar-refractivity contribution in [2.24, 2.45) is 5.16 Å². The fraction of sp³-hybridized carbons (Fsp3) is 0.385. The van der Waals surface area contributed by atoms with Crippen molar-refractivity contribution in [1.29, 1.82) is 0 Å². The number of hydrogen-bond donors (Lipinski definition) is 0. The van der Waals surface area contributed by atoms with Crippen molar-refractivity contribution in [3.63, 3.8) is 0 Å². The lowest BCUT2D eigenvalue weighted by Gasteiger charge is -2.13. The molecule has 1 aromatic carbocycles. The standard InChI is InChI=1S/C13H16ClNO5/c1-4-19-12(16)8-20-13-9(7-15-18-3)5-10(14)6-11(13)17-2/h5-7H,4,8H2,1-3H3/b15-7-. The maximum Gasteiger partial charge on any atom is 0.344 e. The molecule has 0 radical (unpaired) electrons. The number of benzene rings is 1. The lowest BCUT2D eigenvalue weighted by Crippen LogP contribution is -2.15. The predicted octanol–water partition coefficient (Wildman–Crippen LogP) is 2.27. The van der Waals surface area contributed by atoms with Gasteiger partial charge in [0.05, 0.1) is 19.9 Å². The van der Waals surface area contributed by atoms with Crippen LogP contribution in [-0.4, -0.2) is 39.6 Å². The zero-order valence-corrected chi connectivity index (χ0v) is 12.3. The molecule has 0 bridgehead atoms. The highest BCUT2D eigenvalue weighted by Gasteiger charge is 2.14. The van der Waals surface area contributed by atoms with Gasteiger partial charge in [0.15, 0.2) is 18.1 Å². The molecule has 1 rings (SSSR count). The van der Waals surface area contributed by atoms with Crippen LogP contribution in [0.5, 0.6) is 11.5 Å². The first-order chi connectivity index (χ1) is 9.62. The Morgan fingerprint density at radius 1 is 1.40 bits per heavy atom. The van der Waals surface area contributed by atoms with Gasteiger partial charge in [-0.05, 0) is 13.0 Å². The average Bonchev–Trinajstić information content (AvgIpc) is 2.43. The SMILES string of the molecule is CCOC(=O)COc1c(/C=N\OC)cc(Cl)cc1OC. The highest BCUT2D eigenvalue weighted by Crippen LogP contribution is 2.33. The highest BCUT2D eigenvalue weighted by molar-refractivity contribution is 6.31. The molecule has 0 aliphatic rings. The smallest absolute Gasteiger partial charge is 0.344 e. The summed E-state index contributed by atoms with van der Waals surface area (Å²) < 4.78 is 15.4. The van der Waals surface area contributed by atoms with Crippen molar-refractivity contribution in [2.75, 3.05) is 27.4 Å². The number of carbonyl (C=O) groups excluding carboxylic acids is 1. The van der Waals surface area contributed by atoms with Gasteiger partial charge in [0.25, 0.3) is 0 Å². The van der Waals surface area contributed by atoms with Crippen LogP contribution >= 0.6 is 11.6 Å². The predicted molar refractivity (Wildman–Crippen MR) is 74.7 cm³/mol. The van der Waals surface area contributed by atoms with Crippen LogP contribution in [0.2, 0.25) is 5.02 Å². The number of hydrogen-bond acceptors (Lipinski definition) is 6. The van der Waals surface area contributed by atoms with Crippen LogP contribution in [0.15, 0.2) is 17.3 Å². The molecule has 0 saturated carbocycles. The molecule has 0 amide bonds. The molecule has 0 unspecified atom stereocenters. The van der Waals surface area contributed by atoms with Crippen molar-refractivity contribution >= 4 is 23.8 Å². The van der Waals surface area contributed by atoms with Gasteiger partial charge in [-0.25, -0.2) is 4.79 Å². The number of ether oxygens (including phenoxy) is 3. The molecular weight excluding hydrogens is 286 g/mol. The van der Waals surface area contributed by atoms with Crippen LogP contribution in [0.25, 0.3) is 0 Å². The molecule has 0 atom stereocenters. The molecular formula is C13H16ClNO5. The maximum absolute atomic E-state index is 11.3. The van der Waals surface area contributed by atoms with Crippen molar-refractivity contribution in [1.82, 2.24) is 0 Å². The molecule has 0 N–H and O–H groups in total. The molecule has 0 saturated heterocycles. The van der Waals surface area contributed by atoms with E-state index in [1.807, 2.05) is 0 Å². The third-order valence-corrected chi connectivity index (χ3v) is 2.42. The largest absolute Gasteiger partial charge is 0.493 e. The average molecular weight is 302 g/mol. The number of oxime groups is 1. The van der Waals surface area contributed by atoms with Crippen LogP contribution < -0.4 is 9.47 Å². The van der Waals surface area contributed by atoms with Crippen LogP contribution in [0.3, 0.4) is 0 Å². The summed E-state index contributed by atoms with van der Waals surface area (Å²) >= 11 is 5.96. The number of carbonyl (C=O) groups is 1. The number of methoxy groups -OCH3 is 1. The zero-order chi connectivity index (χ0) is 15.0. The zero-order valence-electron chi connectivity index (χ0n) is 11.5. The summed E-state index contributed by atoms with van der Waals surface area (Å²) in [5.41, 5.74) is 0.528. The van der Waals surface area contributed by atoms with Gasteiger partial charge in [0, 0.05) is 16.7 Å². The van der Waals surface area contributed by atoms with Crippen LogP contribution in [0.4, 0.5) is 0 Å². The molecule has 1 aromatic rings. The summed E-state index contributed by atoms with van der Waals surface area (Å²) in [6, 6.07) is 3.19. The molecule has 7 heteroatoms. The monoisotopic (exact) mass is 301 g/mol. The molecule has 0 aliphatic carbocycles. The number of nitrogens with zero attached hydrogens (tertiary/aromatic N) is 1. The minimum Gasteiger partial charge on any atom is -0.493 e. The number of esters is 1. The summed E-state index contributed by atoms with van der Waals surface area (Å²) in [5, 5.41) is 4.09. The lowest BCUT2D eigenvalue weighted by atomic mass is 10.2. The Morgan fingerprint density at radius 3 is 2.75 bits per heavy atom. The molecule has 6 nitrogen and oxygen atoms in total. The van der Waals surface area contributed by atoms with Gasteiger partial charge in [0.1, 0.15) is 7.11 Å². The van der Waals surface area contributed by atoms with Crippen molar-refractivity contribution in [3.8, 4) is 11.5 Å². The highest BCUT2D eigenvalue weighted by atomic mass is 35.5. The molecule has 20 heavy (non-hydrogen) atoms. The van der Waals surface area contributed by atoms with Gasteiger partial charge in [-0.15, -0.1) is 0 Å². The Kier molecular flexibility index (Phi) is 6.66. The van der Waals surface area contributed by atoms with E-state index in [-0.39, 0.29) is 13.2 Å². The van der Waals surface area contributed by atoms with Gasteiger partial charge in [0.2, 0.25) is 0 Å². The van der Waals surface area contributed by atoms with Gasteiger partial charge in [-0.1, -0.05) is 16.8 Å². The fourth-order valence-corrected chi connectivity index (χ4v) is 1.65. The first kappa shape index (κ1) is 16.1. The molecule has 0 aromatic heterocycles. The van der Waals surface area contributed by atoms with Crippen LogP contribution in [-0.2, 0) is 14.4 Å². The third-order valence-electron chi connectivity index (χ3n) is 2.21. The number of halogens is 1. The molecule has 0 fully saturated rings. The number of rotatable bonds is 7. The van der Waals surface area contributed by atoms with E-state index >= 15 is 0 Å². The van der Waals surface area contributed by atoms with Gasteiger partial charge >= 0.3 is 5.97 Å². The summed E-state index contributed by atoms with van der Waals surface area (Å²) in [5.74, 6) is 0.254. The first-order valence-electron chi connectivity index (χ1n) is 5.84. The Bertz CT molecular complexity index is 490. The summed E-state index contributed by atoms with van der Waals surface area (Å²) in [4.78, 5) is 16.0. The second-order valence-electron chi connectivity index (χ2n) is 3.54. The van der Waals surface area contributed by atoms with Crippen LogP contribution in [0, 0.1) is 0 Å². The Balaban J connectivity index is 3.00. The summed E-state index contributed by atoms with van der Waals surface area (Å²) in [6.07, 6.45) is 1.41. The van der Waals surface area contributed by atoms with Crippen LogP contribution in [0.1, 0.15) is 12.5 Å². The van der Waals surface area contributed by atoms with Gasteiger partial charge < -0.3 is 19.0 Å². The van der Waals surface area contributed by atoms with Gasteiger partial charge in [-0.2, -0.15) is 0 Å². The Hall–Kier alpha value is -1.95. The van der Waals surface area contributed by atoms with E-state index in [4.69, 9.17) is 25.8 Å². The molecule has 0 spiro atoms. The minimum atomic E-state index is -0.473. The second-order valence-corrected chi connectivity index (χ2v) is 3.97. The van der Waals surface area contributed by atoms with E-state index in [0.717, 1.165) is 0 Å². The van der Waals surface area contributed by atoms with E-state index in [1.165, 1.54) is 20.4 Å². The first-order valence-corrected chi connectivity index (χ1v) is 6.22. The molecule has 110 valence electrons. The maximum atomic E-state index is 11.3. The lowest BCUT2D eigenvalue weighted by molar-refractivity contribution is -0.145. The second kappa shape index (κ2) is 8.27. The van der Waals surface area contributed by atoms with Crippen molar-refractivity contribution in [3.05, 3.63) is 22.7 Å². The quantitative estimate of drug-likeness (QED) is 0.439.